The van der Waals surface area contributed by atoms with Crippen LogP contribution in [0, 0.1) is 0 Å². The van der Waals surface area contributed by atoms with Crippen LogP contribution in [0.2, 0.25) is 0 Å². The van der Waals surface area contributed by atoms with Crippen LogP contribution in [0.3, 0.4) is 0 Å². The fourth-order valence-corrected chi connectivity index (χ4v) is 3.54. The van der Waals surface area contributed by atoms with Gasteiger partial charge in [0.25, 0.3) is 0 Å². The van der Waals surface area contributed by atoms with E-state index in [1.54, 1.807) is 35.2 Å². The minimum Gasteiger partial charge on any atom is -0.504 e. The average molecular weight is 288 g/mol. The molecule has 0 spiro atoms. The molecule has 3 rings (SSSR count). The molecule has 2 nitrogen and oxygen atoms in total. The molecule has 2 aromatic carbocycles. The third-order valence-corrected chi connectivity index (χ3v) is 4.69. The SMILES string of the molecule is Oc1cc2ccc(SCc3ccsc3)cc2cc1O. The smallest absolute Gasteiger partial charge is 0.158 e. The van der Waals surface area contributed by atoms with Crippen LogP contribution in [-0.2, 0) is 5.75 Å². The van der Waals surface area contributed by atoms with Gasteiger partial charge in [-0.05, 0) is 57.4 Å². The second kappa shape index (κ2) is 5.15. The highest BCUT2D eigenvalue weighted by Gasteiger charge is 2.04. The van der Waals surface area contributed by atoms with E-state index in [1.165, 1.54) is 5.56 Å². The number of thioether (sulfide) groups is 1. The van der Waals surface area contributed by atoms with Crippen molar-refractivity contribution >= 4 is 33.9 Å². The predicted molar refractivity (Wildman–Crippen MR) is 81.2 cm³/mol. The van der Waals surface area contributed by atoms with Gasteiger partial charge in [-0.15, -0.1) is 11.8 Å². The summed E-state index contributed by atoms with van der Waals surface area (Å²) in [5.74, 6) is 0.790. The van der Waals surface area contributed by atoms with E-state index in [1.807, 2.05) is 18.2 Å². The molecule has 0 unspecified atom stereocenters. The first kappa shape index (κ1) is 12.4. The Balaban J connectivity index is 1.86. The van der Waals surface area contributed by atoms with Crippen LogP contribution < -0.4 is 0 Å². The summed E-state index contributed by atoms with van der Waals surface area (Å²) >= 11 is 3.47. The summed E-state index contributed by atoms with van der Waals surface area (Å²) in [6.07, 6.45) is 0. The van der Waals surface area contributed by atoms with Gasteiger partial charge in [0.05, 0.1) is 0 Å². The van der Waals surface area contributed by atoms with Crippen molar-refractivity contribution < 1.29 is 10.2 Å². The van der Waals surface area contributed by atoms with Crippen LogP contribution in [0.25, 0.3) is 10.8 Å². The lowest BCUT2D eigenvalue weighted by molar-refractivity contribution is 0.405. The minimum absolute atomic E-state index is 0.0764. The molecule has 0 fully saturated rings. The number of hydrogen-bond acceptors (Lipinski definition) is 4. The van der Waals surface area contributed by atoms with Gasteiger partial charge in [-0.1, -0.05) is 6.07 Å². The molecule has 2 N–H and O–H groups in total. The van der Waals surface area contributed by atoms with Crippen molar-refractivity contribution in [1.82, 2.24) is 0 Å². The van der Waals surface area contributed by atoms with E-state index in [2.05, 4.69) is 16.8 Å². The van der Waals surface area contributed by atoms with E-state index in [4.69, 9.17) is 0 Å². The van der Waals surface area contributed by atoms with Gasteiger partial charge in [-0.2, -0.15) is 11.3 Å². The molecule has 0 radical (unpaired) electrons. The molecule has 3 aromatic rings. The molecule has 0 atom stereocenters. The van der Waals surface area contributed by atoms with Gasteiger partial charge in [-0.25, -0.2) is 0 Å². The largest absolute Gasteiger partial charge is 0.504 e. The van der Waals surface area contributed by atoms with Crippen LogP contribution in [0.1, 0.15) is 5.56 Å². The van der Waals surface area contributed by atoms with E-state index in [-0.39, 0.29) is 11.5 Å². The van der Waals surface area contributed by atoms with E-state index in [9.17, 15) is 10.2 Å². The Morgan fingerprint density at radius 3 is 2.47 bits per heavy atom. The fraction of sp³-hybridized carbons (Fsp3) is 0.0667. The molecule has 4 heteroatoms. The summed E-state index contributed by atoms with van der Waals surface area (Å²) in [6.45, 7) is 0. The minimum atomic E-state index is -0.0776. The summed E-state index contributed by atoms with van der Waals surface area (Å²) in [4.78, 5) is 1.16. The zero-order valence-corrected chi connectivity index (χ0v) is 11.7. The van der Waals surface area contributed by atoms with E-state index >= 15 is 0 Å². The highest BCUT2D eigenvalue weighted by Crippen LogP contribution is 2.33. The Kier molecular flexibility index (Phi) is 3.36. The van der Waals surface area contributed by atoms with Crippen LogP contribution >= 0.6 is 23.1 Å². The molecule has 0 amide bonds. The first-order valence-corrected chi connectivity index (χ1v) is 7.75. The van der Waals surface area contributed by atoms with Gasteiger partial charge in [0.2, 0.25) is 0 Å². The van der Waals surface area contributed by atoms with Crippen molar-refractivity contribution in [3.8, 4) is 11.5 Å². The molecule has 0 bridgehead atoms. The normalized spacial score (nSPS) is 10.9. The van der Waals surface area contributed by atoms with Crippen molar-refractivity contribution in [2.75, 3.05) is 0 Å². The number of fused-ring (bicyclic) bond motifs is 1. The molecule has 0 saturated heterocycles. The van der Waals surface area contributed by atoms with Crippen molar-refractivity contribution in [2.24, 2.45) is 0 Å². The molecule has 1 heterocycles. The van der Waals surface area contributed by atoms with Crippen molar-refractivity contribution in [2.45, 2.75) is 10.6 Å². The average Bonchev–Trinajstić information content (AvgIpc) is 2.91. The van der Waals surface area contributed by atoms with Crippen molar-refractivity contribution in [3.63, 3.8) is 0 Å². The number of aromatic hydroxyl groups is 2. The number of thiophene rings is 1. The first-order valence-electron chi connectivity index (χ1n) is 5.82. The quantitative estimate of drug-likeness (QED) is 0.546. The Morgan fingerprint density at radius 1 is 0.947 bits per heavy atom. The zero-order chi connectivity index (χ0) is 13.2. The van der Waals surface area contributed by atoms with E-state index in [0.29, 0.717) is 0 Å². The molecular weight excluding hydrogens is 276 g/mol. The van der Waals surface area contributed by atoms with Crippen LogP contribution in [0.15, 0.2) is 52.1 Å². The molecule has 0 saturated carbocycles. The predicted octanol–water partition coefficient (Wildman–Crippen LogP) is 4.60. The summed E-state index contributed by atoms with van der Waals surface area (Å²) < 4.78 is 0. The maximum Gasteiger partial charge on any atom is 0.158 e. The van der Waals surface area contributed by atoms with Gasteiger partial charge in [0, 0.05) is 10.6 Å². The topological polar surface area (TPSA) is 40.5 Å². The Hall–Kier alpha value is -1.65. The second-order valence-electron chi connectivity index (χ2n) is 4.27. The van der Waals surface area contributed by atoms with E-state index in [0.717, 1.165) is 21.4 Å². The summed E-state index contributed by atoms with van der Waals surface area (Å²) in [7, 11) is 0. The number of phenols is 2. The molecule has 19 heavy (non-hydrogen) atoms. The van der Waals surface area contributed by atoms with Gasteiger partial charge in [0.1, 0.15) is 0 Å². The van der Waals surface area contributed by atoms with Gasteiger partial charge >= 0.3 is 0 Å². The standard InChI is InChI=1S/C15H12O2S2/c16-14-6-11-1-2-13(5-12(11)7-15(14)17)19-9-10-3-4-18-8-10/h1-8,16-17H,9H2. The lowest BCUT2D eigenvalue weighted by Gasteiger charge is -2.05. The highest BCUT2D eigenvalue weighted by molar-refractivity contribution is 7.98. The highest BCUT2D eigenvalue weighted by atomic mass is 32.2. The maximum absolute atomic E-state index is 9.53. The zero-order valence-electron chi connectivity index (χ0n) is 10.0. The summed E-state index contributed by atoms with van der Waals surface area (Å²) in [6, 6.07) is 11.3. The lowest BCUT2D eigenvalue weighted by atomic mass is 10.1. The van der Waals surface area contributed by atoms with Crippen molar-refractivity contribution in [1.29, 1.82) is 0 Å². The monoisotopic (exact) mass is 288 g/mol. The Bertz CT molecular complexity index is 705. The van der Waals surface area contributed by atoms with Gasteiger partial charge < -0.3 is 10.2 Å². The third-order valence-electron chi connectivity index (χ3n) is 2.89. The number of rotatable bonds is 3. The molecule has 96 valence electrons. The summed E-state index contributed by atoms with van der Waals surface area (Å²) in [5, 5.41) is 25.1. The molecule has 0 aliphatic rings. The Morgan fingerprint density at radius 2 is 1.74 bits per heavy atom. The van der Waals surface area contributed by atoms with Crippen LogP contribution in [-0.4, -0.2) is 10.2 Å². The second-order valence-corrected chi connectivity index (χ2v) is 6.10. The third kappa shape index (κ3) is 2.69. The van der Waals surface area contributed by atoms with Crippen molar-refractivity contribution in [3.05, 3.63) is 52.7 Å². The fourth-order valence-electron chi connectivity index (χ4n) is 1.88. The number of hydrogen-bond donors (Lipinski definition) is 2. The van der Waals surface area contributed by atoms with E-state index < -0.39 is 0 Å². The molecular formula is C15H12O2S2. The Labute approximate surface area is 119 Å². The van der Waals surface area contributed by atoms with Crippen LogP contribution in [0.4, 0.5) is 0 Å². The number of benzene rings is 2. The van der Waals surface area contributed by atoms with Gasteiger partial charge in [0.15, 0.2) is 11.5 Å². The molecule has 1 aromatic heterocycles. The number of phenolic OH excluding ortho intramolecular Hbond substituents is 2. The maximum atomic E-state index is 9.53. The molecule has 0 aliphatic heterocycles. The lowest BCUT2D eigenvalue weighted by Crippen LogP contribution is -1.79. The molecule has 0 aliphatic carbocycles. The summed E-state index contributed by atoms with van der Waals surface area (Å²) in [5.41, 5.74) is 1.32. The van der Waals surface area contributed by atoms with Crippen LogP contribution in [0.5, 0.6) is 11.5 Å². The van der Waals surface area contributed by atoms with Gasteiger partial charge in [-0.3, -0.25) is 0 Å². The first-order chi connectivity index (χ1) is 9.22.